The molecule has 0 N–H and O–H groups in total. The smallest absolute Gasteiger partial charge is 0.282 e. The average Bonchev–Trinajstić information content (AvgIpc) is 2.72. The summed E-state index contributed by atoms with van der Waals surface area (Å²) in [5, 5.41) is 0.529. The minimum Gasteiger partial charge on any atom is -0.490 e. The van der Waals surface area contributed by atoms with Crippen molar-refractivity contribution in [3.63, 3.8) is 0 Å². The van der Waals surface area contributed by atoms with Crippen LogP contribution < -0.4 is 9.64 Å². The molecule has 2 aromatic rings. The first-order valence-electron chi connectivity index (χ1n) is 9.89. The molecule has 30 heavy (non-hydrogen) atoms. The Bertz CT molecular complexity index is 1060. The SMILES string of the molecule is Cc1ccc2c(c1)N(C(=O)CN1CCCN(Cc3ccccc3Cl)S1(=O)=O)CCO2. The molecule has 7 nitrogen and oxygen atoms in total. The molecule has 0 saturated carbocycles. The number of rotatable bonds is 4. The van der Waals surface area contributed by atoms with E-state index in [9.17, 15) is 13.2 Å². The van der Waals surface area contributed by atoms with Crippen LogP contribution in [0.1, 0.15) is 17.5 Å². The minimum atomic E-state index is -3.77. The lowest BCUT2D eigenvalue weighted by molar-refractivity contribution is -0.119. The number of aryl methyl sites for hydroxylation is 1. The zero-order valence-electron chi connectivity index (χ0n) is 16.8. The third kappa shape index (κ3) is 4.18. The zero-order chi connectivity index (χ0) is 21.3. The molecule has 0 radical (unpaired) electrons. The Morgan fingerprint density at radius 2 is 1.87 bits per heavy atom. The normalized spacial score (nSPS) is 19.2. The zero-order valence-corrected chi connectivity index (χ0v) is 18.3. The lowest BCUT2D eigenvalue weighted by atomic mass is 10.1. The predicted octanol–water partition coefficient (Wildman–Crippen LogP) is 2.83. The summed E-state index contributed by atoms with van der Waals surface area (Å²) in [6.07, 6.45) is 0.649. The Morgan fingerprint density at radius 3 is 2.67 bits per heavy atom. The van der Waals surface area contributed by atoms with Crippen molar-refractivity contribution in [2.45, 2.75) is 19.9 Å². The van der Waals surface area contributed by atoms with Gasteiger partial charge in [0.1, 0.15) is 12.4 Å². The second-order valence-electron chi connectivity index (χ2n) is 7.48. The number of hydrogen-bond donors (Lipinski definition) is 0. The number of carbonyl (C=O) groups is 1. The van der Waals surface area contributed by atoms with Crippen molar-refractivity contribution < 1.29 is 17.9 Å². The molecule has 0 aliphatic carbocycles. The maximum absolute atomic E-state index is 13.2. The van der Waals surface area contributed by atoms with Gasteiger partial charge in [0.25, 0.3) is 10.2 Å². The number of anilines is 1. The molecule has 0 aromatic heterocycles. The Morgan fingerprint density at radius 1 is 1.10 bits per heavy atom. The van der Waals surface area contributed by atoms with E-state index >= 15 is 0 Å². The van der Waals surface area contributed by atoms with Crippen molar-refractivity contribution >= 4 is 33.4 Å². The fourth-order valence-corrected chi connectivity index (χ4v) is 5.60. The quantitative estimate of drug-likeness (QED) is 0.719. The summed E-state index contributed by atoms with van der Waals surface area (Å²) in [6, 6.07) is 12.9. The highest BCUT2D eigenvalue weighted by molar-refractivity contribution is 7.86. The van der Waals surface area contributed by atoms with Gasteiger partial charge in [-0.15, -0.1) is 0 Å². The molecule has 9 heteroatoms. The Labute approximate surface area is 182 Å². The highest BCUT2D eigenvalue weighted by Crippen LogP contribution is 2.33. The molecule has 0 spiro atoms. The molecule has 2 aromatic carbocycles. The summed E-state index contributed by atoms with van der Waals surface area (Å²) < 4.78 is 34.6. The van der Waals surface area contributed by atoms with Crippen LogP contribution in [0.2, 0.25) is 5.02 Å². The van der Waals surface area contributed by atoms with Crippen LogP contribution in [0, 0.1) is 6.92 Å². The number of amides is 1. The van der Waals surface area contributed by atoms with Gasteiger partial charge in [0.2, 0.25) is 5.91 Å². The van der Waals surface area contributed by atoms with E-state index in [1.54, 1.807) is 11.0 Å². The summed E-state index contributed by atoms with van der Waals surface area (Å²) in [7, 11) is -3.77. The Balaban J connectivity index is 1.51. The lowest BCUT2D eigenvalue weighted by Gasteiger charge is -2.36. The summed E-state index contributed by atoms with van der Waals surface area (Å²) in [5.41, 5.74) is 2.44. The Hall–Kier alpha value is -2.13. The predicted molar refractivity (Wildman–Crippen MR) is 116 cm³/mol. The molecule has 0 unspecified atom stereocenters. The maximum atomic E-state index is 13.2. The molecular weight excluding hydrogens is 426 g/mol. The summed E-state index contributed by atoms with van der Waals surface area (Å²) in [6.45, 7) is 3.43. The van der Waals surface area contributed by atoms with Gasteiger partial charge in [0.05, 0.1) is 18.8 Å². The van der Waals surface area contributed by atoms with Crippen LogP contribution in [-0.2, 0) is 21.5 Å². The first-order valence-corrected chi connectivity index (χ1v) is 11.7. The topological polar surface area (TPSA) is 70.2 Å². The third-order valence-corrected chi connectivity index (χ3v) is 7.66. The molecule has 0 bridgehead atoms. The van der Waals surface area contributed by atoms with Crippen molar-refractivity contribution in [3.05, 3.63) is 58.6 Å². The molecule has 160 valence electrons. The van der Waals surface area contributed by atoms with Crippen LogP contribution in [-0.4, -0.2) is 55.7 Å². The first kappa shape index (κ1) is 21.1. The van der Waals surface area contributed by atoms with E-state index in [1.807, 2.05) is 43.3 Å². The fraction of sp³-hybridized carbons (Fsp3) is 0.381. The van der Waals surface area contributed by atoms with Gasteiger partial charge in [-0.05, 0) is 42.7 Å². The summed E-state index contributed by atoms with van der Waals surface area (Å²) in [5.74, 6) is 0.385. The van der Waals surface area contributed by atoms with E-state index in [2.05, 4.69) is 0 Å². The van der Waals surface area contributed by atoms with Gasteiger partial charge in [-0.25, -0.2) is 0 Å². The molecule has 4 rings (SSSR count). The monoisotopic (exact) mass is 449 g/mol. The maximum Gasteiger partial charge on any atom is 0.282 e. The van der Waals surface area contributed by atoms with Crippen molar-refractivity contribution in [3.8, 4) is 5.75 Å². The van der Waals surface area contributed by atoms with Crippen LogP contribution >= 0.6 is 11.6 Å². The molecule has 2 aliphatic rings. The minimum absolute atomic E-state index is 0.187. The van der Waals surface area contributed by atoms with E-state index in [4.69, 9.17) is 16.3 Å². The van der Waals surface area contributed by atoms with E-state index in [1.165, 1.54) is 8.61 Å². The van der Waals surface area contributed by atoms with E-state index < -0.39 is 10.2 Å². The van der Waals surface area contributed by atoms with Crippen LogP contribution in [0.4, 0.5) is 5.69 Å². The molecule has 1 amide bonds. The number of carbonyl (C=O) groups excluding carboxylic acids is 1. The van der Waals surface area contributed by atoms with Gasteiger partial charge in [0.15, 0.2) is 0 Å². The molecular formula is C21H24ClN3O4S. The van der Waals surface area contributed by atoms with Crippen molar-refractivity contribution in [2.75, 3.05) is 37.7 Å². The fourth-order valence-electron chi connectivity index (χ4n) is 3.78. The second kappa shape index (κ2) is 8.55. The second-order valence-corrected chi connectivity index (χ2v) is 9.82. The van der Waals surface area contributed by atoms with Crippen molar-refractivity contribution in [2.24, 2.45) is 0 Å². The van der Waals surface area contributed by atoms with E-state index in [0.29, 0.717) is 49.1 Å². The number of hydrogen-bond acceptors (Lipinski definition) is 4. The Kier molecular flexibility index (Phi) is 6.02. The van der Waals surface area contributed by atoms with Crippen LogP contribution in [0.25, 0.3) is 0 Å². The van der Waals surface area contributed by atoms with Gasteiger partial charge in [-0.1, -0.05) is 35.9 Å². The molecule has 0 atom stereocenters. The van der Waals surface area contributed by atoms with Crippen LogP contribution in [0.15, 0.2) is 42.5 Å². The van der Waals surface area contributed by atoms with Gasteiger partial charge in [0, 0.05) is 24.7 Å². The first-order chi connectivity index (χ1) is 14.4. The molecule has 1 fully saturated rings. The van der Waals surface area contributed by atoms with Crippen molar-refractivity contribution in [1.29, 1.82) is 0 Å². The standard InChI is InChI=1S/C21H24ClN3O4S/c1-16-7-8-20-19(13-16)25(11-12-29-20)21(26)15-24-10-4-9-23(30(24,27)28)14-17-5-2-3-6-18(17)22/h2-3,5-8,13H,4,9-12,14-15H2,1H3. The number of nitrogens with zero attached hydrogens (tertiary/aromatic N) is 3. The highest BCUT2D eigenvalue weighted by atomic mass is 35.5. The molecule has 2 aliphatic heterocycles. The molecule has 2 heterocycles. The van der Waals surface area contributed by atoms with Gasteiger partial charge < -0.3 is 9.64 Å². The summed E-state index contributed by atoms with van der Waals surface area (Å²) in [4.78, 5) is 14.7. The van der Waals surface area contributed by atoms with Crippen LogP contribution in [0.5, 0.6) is 5.75 Å². The van der Waals surface area contributed by atoms with Crippen molar-refractivity contribution in [1.82, 2.24) is 8.61 Å². The third-order valence-electron chi connectivity index (χ3n) is 5.36. The molecule has 1 saturated heterocycles. The van der Waals surface area contributed by atoms with E-state index in [0.717, 1.165) is 11.1 Å². The largest absolute Gasteiger partial charge is 0.490 e. The number of fused-ring (bicyclic) bond motifs is 1. The number of ether oxygens (including phenoxy) is 1. The van der Waals surface area contributed by atoms with E-state index in [-0.39, 0.29) is 19.0 Å². The number of halogens is 1. The van der Waals surface area contributed by atoms with Crippen LogP contribution in [0.3, 0.4) is 0 Å². The van der Waals surface area contributed by atoms with Gasteiger partial charge in [-0.3, -0.25) is 4.79 Å². The number of benzene rings is 2. The average molecular weight is 450 g/mol. The van der Waals surface area contributed by atoms with Gasteiger partial charge in [-0.2, -0.15) is 17.0 Å². The van der Waals surface area contributed by atoms with Gasteiger partial charge >= 0.3 is 0 Å². The lowest BCUT2D eigenvalue weighted by Crippen LogP contribution is -2.53. The highest BCUT2D eigenvalue weighted by Gasteiger charge is 2.36. The summed E-state index contributed by atoms with van der Waals surface area (Å²) >= 11 is 6.21.